The fourth-order valence-corrected chi connectivity index (χ4v) is 3.43. The van der Waals surface area contributed by atoms with E-state index in [4.69, 9.17) is 10.3 Å². The zero-order valence-corrected chi connectivity index (χ0v) is 16.9. The highest BCUT2D eigenvalue weighted by atomic mass is 16.6. The summed E-state index contributed by atoms with van der Waals surface area (Å²) in [4.78, 5) is 34.8. The third-order valence-corrected chi connectivity index (χ3v) is 5.14. The summed E-state index contributed by atoms with van der Waals surface area (Å²) in [5.41, 5.74) is 7.25. The number of anilines is 1. The number of primary amides is 1. The zero-order valence-electron chi connectivity index (χ0n) is 16.9. The molecule has 0 spiro atoms. The van der Waals surface area contributed by atoms with Crippen molar-refractivity contribution in [3.05, 3.63) is 63.7 Å². The van der Waals surface area contributed by atoms with Crippen LogP contribution in [-0.2, 0) is 6.54 Å². The van der Waals surface area contributed by atoms with Gasteiger partial charge in [-0.05, 0) is 6.92 Å². The summed E-state index contributed by atoms with van der Waals surface area (Å²) in [7, 11) is 0. The highest BCUT2D eigenvalue weighted by molar-refractivity contribution is 5.98. The normalized spacial score (nSPS) is 14.5. The molecule has 1 aliphatic rings. The first kappa shape index (κ1) is 20.4. The first-order chi connectivity index (χ1) is 14.9. The van der Waals surface area contributed by atoms with Crippen LogP contribution in [-0.4, -0.2) is 57.0 Å². The largest absolute Gasteiger partial charge is 0.365 e. The van der Waals surface area contributed by atoms with Crippen LogP contribution in [0.2, 0.25) is 0 Å². The number of nitrogens with zero attached hydrogens (tertiary/aromatic N) is 6. The van der Waals surface area contributed by atoms with Crippen LogP contribution in [0.25, 0.3) is 11.4 Å². The fourth-order valence-electron chi connectivity index (χ4n) is 3.43. The fraction of sp³-hybridized carbons (Fsp3) is 0.300. The van der Waals surface area contributed by atoms with Crippen LogP contribution in [0.3, 0.4) is 0 Å². The van der Waals surface area contributed by atoms with E-state index in [2.05, 4.69) is 20.0 Å². The van der Waals surface area contributed by atoms with E-state index in [9.17, 15) is 14.9 Å². The van der Waals surface area contributed by atoms with Crippen molar-refractivity contribution in [2.45, 2.75) is 13.5 Å². The van der Waals surface area contributed by atoms with Crippen molar-refractivity contribution in [1.29, 1.82) is 0 Å². The van der Waals surface area contributed by atoms with Gasteiger partial charge in [-0.3, -0.25) is 19.8 Å². The number of nitrogens with two attached hydrogens (primary N) is 1. The maximum atomic E-state index is 11.8. The Kier molecular flexibility index (Phi) is 5.58. The number of amides is 1. The van der Waals surface area contributed by atoms with Gasteiger partial charge in [-0.1, -0.05) is 35.0 Å². The number of benzene rings is 1. The van der Waals surface area contributed by atoms with Gasteiger partial charge >= 0.3 is 0 Å². The van der Waals surface area contributed by atoms with Crippen molar-refractivity contribution in [1.82, 2.24) is 20.0 Å². The van der Waals surface area contributed by atoms with Gasteiger partial charge in [0.1, 0.15) is 12.0 Å². The van der Waals surface area contributed by atoms with Crippen LogP contribution in [0.15, 0.2) is 41.1 Å². The predicted octanol–water partition coefficient (Wildman–Crippen LogP) is 1.77. The van der Waals surface area contributed by atoms with Crippen molar-refractivity contribution in [2.24, 2.45) is 5.73 Å². The number of nitro groups is 1. The minimum absolute atomic E-state index is 0.0438. The molecule has 1 saturated heterocycles. The lowest BCUT2D eigenvalue weighted by Gasteiger charge is -2.35. The molecule has 1 aliphatic heterocycles. The van der Waals surface area contributed by atoms with Gasteiger partial charge in [-0.25, -0.2) is 4.98 Å². The third kappa shape index (κ3) is 4.51. The summed E-state index contributed by atoms with van der Waals surface area (Å²) >= 11 is 0. The number of pyridine rings is 1. The second kappa shape index (κ2) is 8.48. The van der Waals surface area contributed by atoms with E-state index >= 15 is 0 Å². The minimum Gasteiger partial charge on any atom is -0.365 e. The van der Waals surface area contributed by atoms with E-state index in [1.165, 1.54) is 6.07 Å². The van der Waals surface area contributed by atoms with E-state index in [1.807, 2.05) is 36.1 Å². The molecule has 2 aromatic heterocycles. The Balaban J connectivity index is 1.40. The number of rotatable bonds is 6. The molecule has 1 aromatic carbocycles. The average molecular weight is 423 g/mol. The van der Waals surface area contributed by atoms with Gasteiger partial charge in [0.2, 0.25) is 11.7 Å². The minimum atomic E-state index is -0.747. The summed E-state index contributed by atoms with van der Waals surface area (Å²) in [6, 6.07) is 9.07. The van der Waals surface area contributed by atoms with Gasteiger partial charge in [0.25, 0.3) is 11.6 Å². The summed E-state index contributed by atoms with van der Waals surface area (Å²) in [6.07, 6.45) is 1.14. The number of hydrogen-bond donors (Lipinski definition) is 1. The van der Waals surface area contributed by atoms with Crippen LogP contribution in [0.4, 0.5) is 11.5 Å². The molecule has 11 nitrogen and oxygen atoms in total. The zero-order chi connectivity index (χ0) is 22.0. The van der Waals surface area contributed by atoms with E-state index in [0.29, 0.717) is 50.3 Å². The molecule has 0 saturated carbocycles. The van der Waals surface area contributed by atoms with E-state index < -0.39 is 10.8 Å². The lowest BCUT2D eigenvalue weighted by atomic mass is 10.1. The van der Waals surface area contributed by atoms with Gasteiger partial charge in [-0.15, -0.1) is 0 Å². The predicted molar refractivity (Wildman–Crippen MR) is 111 cm³/mol. The number of carbonyl (C=O) groups is 1. The Morgan fingerprint density at radius 3 is 2.58 bits per heavy atom. The number of piperazine rings is 1. The molecule has 1 amide bonds. The molecule has 3 aromatic rings. The Morgan fingerprint density at radius 1 is 1.23 bits per heavy atom. The molecular weight excluding hydrogens is 402 g/mol. The van der Waals surface area contributed by atoms with Crippen molar-refractivity contribution < 1.29 is 14.2 Å². The first-order valence-electron chi connectivity index (χ1n) is 9.72. The molecule has 11 heteroatoms. The highest BCUT2D eigenvalue weighted by Gasteiger charge is 2.25. The molecule has 2 N–H and O–H groups in total. The number of carbonyl (C=O) groups excluding carboxylic acids is 1. The Morgan fingerprint density at radius 2 is 1.94 bits per heavy atom. The molecule has 0 atom stereocenters. The maximum absolute atomic E-state index is 11.8. The van der Waals surface area contributed by atoms with Crippen LogP contribution in [0, 0.1) is 17.0 Å². The molecule has 160 valence electrons. The third-order valence-electron chi connectivity index (χ3n) is 5.14. The number of hydrogen-bond acceptors (Lipinski definition) is 9. The van der Waals surface area contributed by atoms with Gasteiger partial charge < -0.3 is 15.2 Å². The van der Waals surface area contributed by atoms with Crippen molar-refractivity contribution in [3.8, 4) is 11.4 Å². The van der Waals surface area contributed by atoms with Crippen LogP contribution >= 0.6 is 0 Å². The van der Waals surface area contributed by atoms with E-state index in [-0.39, 0.29) is 11.3 Å². The van der Waals surface area contributed by atoms with E-state index in [0.717, 1.165) is 17.3 Å². The van der Waals surface area contributed by atoms with E-state index in [1.54, 1.807) is 0 Å². The Hall–Kier alpha value is -3.86. The molecular formula is C20H21N7O4. The molecule has 31 heavy (non-hydrogen) atoms. The molecule has 0 unspecified atom stereocenters. The van der Waals surface area contributed by atoms with Gasteiger partial charge in [0.05, 0.1) is 17.0 Å². The summed E-state index contributed by atoms with van der Waals surface area (Å²) < 4.78 is 5.40. The lowest BCUT2D eigenvalue weighted by Crippen LogP contribution is -2.46. The molecule has 0 aliphatic carbocycles. The SMILES string of the molecule is Cc1ccc(-c2noc(CN3CCN(c4ncc([N+](=O)[O-])cc4C(N)=O)CC3)n2)cc1. The second-order valence-electron chi connectivity index (χ2n) is 7.33. The lowest BCUT2D eigenvalue weighted by molar-refractivity contribution is -0.385. The smallest absolute Gasteiger partial charge is 0.288 e. The van der Waals surface area contributed by atoms with Gasteiger partial charge in [-0.2, -0.15) is 4.98 Å². The van der Waals surface area contributed by atoms with Crippen molar-refractivity contribution in [3.63, 3.8) is 0 Å². The van der Waals surface area contributed by atoms with Crippen molar-refractivity contribution >= 4 is 17.4 Å². The summed E-state index contributed by atoms with van der Waals surface area (Å²) in [6.45, 7) is 5.00. The quantitative estimate of drug-likeness (QED) is 0.463. The molecule has 4 rings (SSSR count). The topological polar surface area (TPSA) is 145 Å². The highest BCUT2D eigenvalue weighted by Crippen LogP contribution is 2.24. The summed E-state index contributed by atoms with van der Waals surface area (Å²) in [5.74, 6) is 0.686. The maximum Gasteiger partial charge on any atom is 0.288 e. The first-order valence-corrected chi connectivity index (χ1v) is 9.72. The number of aryl methyl sites for hydroxylation is 1. The van der Waals surface area contributed by atoms with Crippen LogP contribution in [0.1, 0.15) is 21.8 Å². The standard InChI is InChI=1S/C20H21N7O4/c1-13-2-4-14(5-3-13)19-23-17(31-24-19)12-25-6-8-26(9-7-25)20-16(18(21)28)10-15(11-22-20)27(29)30/h2-5,10-11H,6-9,12H2,1H3,(H2,21,28). The average Bonchev–Trinajstić information content (AvgIpc) is 3.22. The number of aromatic nitrogens is 3. The van der Waals surface area contributed by atoms with Gasteiger partial charge in [0.15, 0.2) is 0 Å². The van der Waals surface area contributed by atoms with Gasteiger partial charge in [0, 0.05) is 37.8 Å². The summed E-state index contributed by atoms with van der Waals surface area (Å²) in [5, 5.41) is 15.0. The molecule has 0 bridgehead atoms. The Bertz CT molecular complexity index is 1100. The Labute approximate surface area is 177 Å². The molecule has 0 radical (unpaired) electrons. The van der Waals surface area contributed by atoms with Crippen LogP contribution < -0.4 is 10.6 Å². The second-order valence-corrected chi connectivity index (χ2v) is 7.33. The monoisotopic (exact) mass is 423 g/mol. The molecule has 1 fully saturated rings. The van der Waals surface area contributed by atoms with Crippen LogP contribution in [0.5, 0.6) is 0 Å². The van der Waals surface area contributed by atoms with Crippen molar-refractivity contribution in [2.75, 3.05) is 31.1 Å². The molecule has 3 heterocycles.